The maximum Gasteiger partial charge on any atom is -0.00742 e. The van der Waals surface area contributed by atoms with Gasteiger partial charge in [-0.05, 0) is 53.4 Å². The smallest absolute Gasteiger partial charge is 0.00742 e. The van der Waals surface area contributed by atoms with Gasteiger partial charge in [0.05, 0.1) is 0 Å². The van der Waals surface area contributed by atoms with Crippen molar-refractivity contribution < 1.29 is 0 Å². The van der Waals surface area contributed by atoms with Crippen molar-refractivity contribution in [3.63, 3.8) is 0 Å². The van der Waals surface area contributed by atoms with E-state index in [1.165, 1.54) is 12.8 Å². The topological polar surface area (TPSA) is 26.0 Å². The SMILES string of the molecule is CC(C)(C)CC(C)(C)C(CCN)C(C)(C)CC(C)(C)C. The van der Waals surface area contributed by atoms with Crippen LogP contribution in [0.5, 0.6) is 0 Å². The molecule has 0 rings (SSSR count). The third kappa shape index (κ3) is 7.11. The van der Waals surface area contributed by atoms with Crippen molar-refractivity contribution in [1.82, 2.24) is 0 Å². The van der Waals surface area contributed by atoms with Crippen LogP contribution >= 0.6 is 0 Å². The van der Waals surface area contributed by atoms with Crippen LogP contribution in [0.25, 0.3) is 0 Å². The fraction of sp³-hybridized carbons (Fsp3) is 1.00. The second kappa shape index (κ2) is 6.38. The van der Waals surface area contributed by atoms with Crippen molar-refractivity contribution in [2.45, 2.75) is 88.5 Å². The van der Waals surface area contributed by atoms with E-state index in [9.17, 15) is 0 Å². The van der Waals surface area contributed by atoms with Crippen molar-refractivity contribution in [3.05, 3.63) is 0 Å². The van der Waals surface area contributed by atoms with Gasteiger partial charge < -0.3 is 5.73 Å². The van der Waals surface area contributed by atoms with Crippen molar-refractivity contribution in [2.75, 3.05) is 6.54 Å². The summed E-state index contributed by atoms with van der Waals surface area (Å²) < 4.78 is 0. The Morgan fingerprint density at radius 1 is 0.650 bits per heavy atom. The Bertz CT molecular complexity index is 258. The highest BCUT2D eigenvalue weighted by Crippen LogP contribution is 2.51. The molecule has 0 fully saturated rings. The summed E-state index contributed by atoms with van der Waals surface area (Å²) in [6.45, 7) is 24.7. The van der Waals surface area contributed by atoms with Gasteiger partial charge in [-0.1, -0.05) is 69.2 Å². The number of hydrogen-bond donors (Lipinski definition) is 1. The molecule has 0 aliphatic carbocycles. The molecular formula is C19H41N. The summed E-state index contributed by atoms with van der Waals surface area (Å²) in [4.78, 5) is 0. The Balaban J connectivity index is 5.31. The zero-order valence-electron chi connectivity index (χ0n) is 16.0. The van der Waals surface area contributed by atoms with Crippen molar-refractivity contribution >= 4 is 0 Å². The Labute approximate surface area is 129 Å². The van der Waals surface area contributed by atoms with Gasteiger partial charge in [0, 0.05) is 0 Å². The third-order valence-electron chi connectivity index (χ3n) is 4.31. The number of nitrogens with two attached hydrogens (primary N) is 1. The lowest BCUT2D eigenvalue weighted by molar-refractivity contribution is 0.00848. The van der Waals surface area contributed by atoms with E-state index in [-0.39, 0.29) is 0 Å². The van der Waals surface area contributed by atoms with Gasteiger partial charge in [-0.25, -0.2) is 0 Å². The zero-order chi connectivity index (χ0) is 16.4. The molecule has 0 aromatic rings. The second-order valence-corrected chi connectivity index (χ2v) is 10.6. The van der Waals surface area contributed by atoms with Crippen LogP contribution in [-0.2, 0) is 0 Å². The molecular weight excluding hydrogens is 242 g/mol. The van der Waals surface area contributed by atoms with Gasteiger partial charge in [0.15, 0.2) is 0 Å². The monoisotopic (exact) mass is 283 g/mol. The molecule has 0 amide bonds. The molecule has 1 nitrogen and oxygen atoms in total. The summed E-state index contributed by atoms with van der Waals surface area (Å²) in [5, 5.41) is 0. The number of hydrogen-bond acceptors (Lipinski definition) is 1. The van der Waals surface area contributed by atoms with Gasteiger partial charge in [-0.2, -0.15) is 0 Å². The molecule has 0 saturated heterocycles. The largest absolute Gasteiger partial charge is 0.330 e. The van der Waals surface area contributed by atoms with Gasteiger partial charge in [0.25, 0.3) is 0 Å². The van der Waals surface area contributed by atoms with E-state index in [0.29, 0.717) is 27.6 Å². The Morgan fingerprint density at radius 2 is 0.950 bits per heavy atom. The number of rotatable bonds is 6. The molecule has 0 aromatic heterocycles. The predicted octanol–water partition coefficient (Wildman–Crippen LogP) is 5.88. The maximum absolute atomic E-state index is 5.95. The molecule has 0 spiro atoms. The van der Waals surface area contributed by atoms with Crippen LogP contribution in [0.1, 0.15) is 88.5 Å². The summed E-state index contributed by atoms with van der Waals surface area (Å²) in [7, 11) is 0. The van der Waals surface area contributed by atoms with Gasteiger partial charge in [0.2, 0.25) is 0 Å². The maximum atomic E-state index is 5.95. The van der Waals surface area contributed by atoms with Gasteiger partial charge in [0.1, 0.15) is 0 Å². The van der Waals surface area contributed by atoms with Crippen molar-refractivity contribution in [2.24, 2.45) is 33.3 Å². The highest BCUT2D eigenvalue weighted by molar-refractivity contribution is 4.93. The van der Waals surface area contributed by atoms with Crippen LogP contribution in [0.4, 0.5) is 0 Å². The minimum atomic E-state index is 0.326. The first kappa shape index (κ1) is 20.0. The highest BCUT2D eigenvalue weighted by atomic mass is 14.6. The fourth-order valence-corrected chi connectivity index (χ4v) is 4.99. The first-order valence-corrected chi connectivity index (χ1v) is 8.31. The van der Waals surface area contributed by atoms with E-state index in [4.69, 9.17) is 5.73 Å². The molecule has 0 aromatic carbocycles. The predicted molar refractivity (Wildman–Crippen MR) is 92.9 cm³/mol. The zero-order valence-corrected chi connectivity index (χ0v) is 16.0. The lowest BCUT2D eigenvalue weighted by Gasteiger charge is -2.49. The first-order valence-electron chi connectivity index (χ1n) is 8.31. The van der Waals surface area contributed by atoms with E-state index in [2.05, 4.69) is 69.2 Å². The summed E-state index contributed by atoms with van der Waals surface area (Å²) >= 11 is 0. The summed E-state index contributed by atoms with van der Waals surface area (Å²) in [6, 6.07) is 0. The quantitative estimate of drug-likeness (QED) is 0.647. The average Bonchev–Trinajstić information content (AvgIpc) is 2.04. The fourth-order valence-electron chi connectivity index (χ4n) is 4.99. The van der Waals surface area contributed by atoms with Crippen LogP contribution in [0.15, 0.2) is 0 Å². The molecule has 20 heavy (non-hydrogen) atoms. The van der Waals surface area contributed by atoms with E-state index in [1.54, 1.807) is 0 Å². The van der Waals surface area contributed by atoms with E-state index >= 15 is 0 Å². The molecule has 0 unspecified atom stereocenters. The Kier molecular flexibility index (Phi) is 6.37. The van der Waals surface area contributed by atoms with Gasteiger partial charge in [-0.15, -0.1) is 0 Å². The van der Waals surface area contributed by atoms with Crippen LogP contribution in [0.3, 0.4) is 0 Å². The lowest BCUT2D eigenvalue weighted by Crippen LogP contribution is -2.41. The molecule has 0 aliphatic heterocycles. The Morgan fingerprint density at radius 3 is 1.15 bits per heavy atom. The van der Waals surface area contributed by atoms with Crippen LogP contribution in [0, 0.1) is 27.6 Å². The molecule has 2 N–H and O–H groups in total. The van der Waals surface area contributed by atoms with Crippen molar-refractivity contribution in [1.29, 1.82) is 0 Å². The van der Waals surface area contributed by atoms with Crippen molar-refractivity contribution in [3.8, 4) is 0 Å². The summed E-state index contributed by atoms with van der Waals surface area (Å²) in [5.74, 6) is 0.665. The minimum absolute atomic E-state index is 0.326. The molecule has 0 atom stereocenters. The van der Waals surface area contributed by atoms with Gasteiger partial charge >= 0.3 is 0 Å². The molecule has 0 bridgehead atoms. The normalized spacial score (nSPS) is 15.0. The molecule has 0 heterocycles. The average molecular weight is 284 g/mol. The summed E-state index contributed by atoms with van der Waals surface area (Å²) in [6.07, 6.45) is 3.63. The third-order valence-corrected chi connectivity index (χ3v) is 4.31. The molecule has 1 heteroatoms. The van der Waals surface area contributed by atoms with Gasteiger partial charge in [-0.3, -0.25) is 0 Å². The molecule has 0 aliphatic rings. The van der Waals surface area contributed by atoms with Crippen LogP contribution in [0.2, 0.25) is 0 Å². The minimum Gasteiger partial charge on any atom is -0.330 e. The van der Waals surface area contributed by atoms with Crippen LogP contribution < -0.4 is 5.73 Å². The highest BCUT2D eigenvalue weighted by Gasteiger charge is 2.43. The Hall–Kier alpha value is -0.0400. The summed E-state index contributed by atoms with van der Waals surface area (Å²) in [5.41, 5.74) is 7.34. The van der Waals surface area contributed by atoms with E-state index in [1.807, 2.05) is 0 Å². The van der Waals surface area contributed by atoms with Crippen LogP contribution in [-0.4, -0.2) is 6.54 Å². The molecule has 0 saturated carbocycles. The molecule has 0 radical (unpaired) electrons. The van der Waals surface area contributed by atoms with E-state index < -0.39 is 0 Å². The lowest BCUT2D eigenvalue weighted by atomic mass is 9.56. The van der Waals surface area contributed by atoms with E-state index in [0.717, 1.165) is 13.0 Å². The first-order chi connectivity index (χ1) is 8.61. The standard InChI is InChI=1S/C19H41N/c1-16(2,3)13-18(7,8)15(11-12-20)19(9,10)14-17(4,5)6/h15H,11-14,20H2,1-10H3. The molecule has 122 valence electrons. The second-order valence-electron chi connectivity index (χ2n) is 10.6.